The molecular formula is C9H10FN3O4S2. The molecule has 0 aromatic heterocycles. The molecule has 0 spiro atoms. The Hall–Kier alpha value is -1.54. The van der Waals surface area contributed by atoms with Gasteiger partial charge in [-0.3, -0.25) is 0 Å². The van der Waals surface area contributed by atoms with Crippen molar-refractivity contribution < 1.29 is 21.2 Å². The molecular weight excluding hydrogens is 297 g/mol. The summed E-state index contributed by atoms with van der Waals surface area (Å²) in [7, 11) is -8.00. The zero-order valence-corrected chi connectivity index (χ0v) is 11.1. The zero-order chi connectivity index (χ0) is 14.7. The van der Waals surface area contributed by atoms with Crippen LogP contribution in [0.4, 0.5) is 4.39 Å². The average Bonchev–Trinajstić information content (AvgIpc) is 2.26. The van der Waals surface area contributed by atoms with Gasteiger partial charge >= 0.3 is 0 Å². The Kier molecular flexibility index (Phi) is 4.59. The van der Waals surface area contributed by atoms with Crippen LogP contribution in [-0.4, -0.2) is 29.1 Å². The summed E-state index contributed by atoms with van der Waals surface area (Å²) in [6, 6.07) is 4.56. The number of hydrogen-bond donors (Lipinski definition) is 2. The lowest BCUT2D eigenvalue weighted by molar-refractivity contribution is 0.576. The van der Waals surface area contributed by atoms with Gasteiger partial charge in [0.25, 0.3) is 0 Å². The van der Waals surface area contributed by atoms with Gasteiger partial charge < -0.3 is 0 Å². The van der Waals surface area contributed by atoms with Crippen LogP contribution >= 0.6 is 0 Å². The predicted molar refractivity (Wildman–Crippen MR) is 64.3 cm³/mol. The van der Waals surface area contributed by atoms with Crippen LogP contribution in [0.1, 0.15) is 5.56 Å². The van der Waals surface area contributed by atoms with E-state index in [0.717, 1.165) is 18.2 Å². The second-order valence-electron chi connectivity index (χ2n) is 3.49. The Morgan fingerprint density at radius 2 is 1.95 bits per heavy atom. The number of benzene rings is 1. The van der Waals surface area contributed by atoms with Gasteiger partial charge in [-0.25, -0.2) is 31.1 Å². The van der Waals surface area contributed by atoms with Crippen molar-refractivity contribution in [2.45, 2.75) is 4.90 Å². The minimum atomic E-state index is -4.18. The first-order chi connectivity index (χ1) is 8.67. The first-order valence-electron chi connectivity index (χ1n) is 4.86. The molecule has 0 radical (unpaired) electrons. The van der Waals surface area contributed by atoms with E-state index in [1.54, 1.807) is 0 Å². The van der Waals surface area contributed by atoms with E-state index < -0.39 is 48.6 Å². The summed E-state index contributed by atoms with van der Waals surface area (Å²) >= 11 is 0. The van der Waals surface area contributed by atoms with Crippen molar-refractivity contribution in [3.8, 4) is 6.07 Å². The summed E-state index contributed by atoms with van der Waals surface area (Å²) < 4.78 is 60.1. The molecule has 0 saturated heterocycles. The van der Waals surface area contributed by atoms with Gasteiger partial charge in [0.2, 0.25) is 20.0 Å². The van der Waals surface area contributed by atoms with Gasteiger partial charge in [-0.1, -0.05) is 6.07 Å². The number of sulfonamides is 2. The third kappa shape index (κ3) is 4.25. The van der Waals surface area contributed by atoms with Gasteiger partial charge in [0, 0.05) is 6.54 Å². The Bertz CT molecular complexity index is 722. The molecule has 104 valence electrons. The molecule has 19 heavy (non-hydrogen) atoms. The van der Waals surface area contributed by atoms with Crippen LogP contribution in [0.5, 0.6) is 0 Å². The first kappa shape index (κ1) is 15.5. The molecule has 0 fully saturated rings. The fraction of sp³-hybridized carbons (Fsp3) is 0.222. The number of primary sulfonamides is 1. The van der Waals surface area contributed by atoms with E-state index >= 15 is 0 Å². The van der Waals surface area contributed by atoms with Crippen LogP contribution in [0, 0.1) is 17.1 Å². The van der Waals surface area contributed by atoms with E-state index in [2.05, 4.69) is 0 Å². The number of nitrogens with two attached hydrogens (primary N) is 1. The lowest BCUT2D eigenvalue weighted by atomic mass is 10.2. The fourth-order valence-corrected chi connectivity index (χ4v) is 2.94. The Morgan fingerprint density at radius 1 is 1.32 bits per heavy atom. The first-order valence-corrected chi connectivity index (χ1v) is 8.06. The molecule has 1 rings (SSSR count). The van der Waals surface area contributed by atoms with Crippen molar-refractivity contribution in [1.29, 1.82) is 5.26 Å². The van der Waals surface area contributed by atoms with Crippen molar-refractivity contribution in [2.75, 3.05) is 12.3 Å². The lowest BCUT2D eigenvalue weighted by Crippen LogP contribution is -2.32. The Labute approximate surface area is 109 Å². The van der Waals surface area contributed by atoms with Gasteiger partial charge in [-0.2, -0.15) is 5.26 Å². The summed E-state index contributed by atoms with van der Waals surface area (Å²) in [5.74, 6) is -1.58. The second kappa shape index (κ2) is 5.62. The van der Waals surface area contributed by atoms with E-state index in [4.69, 9.17) is 10.4 Å². The van der Waals surface area contributed by atoms with E-state index in [9.17, 15) is 21.2 Å². The van der Waals surface area contributed by atoms with Gasteiger partial charge in [-0.15, -0.1) is 0 Å². The maximum absolute atomic E-state index is 13.3. The highest BCUT2D eigenvalue weighted by atomic mass is 32.2. The number of rotatable bonds is 5. The van der Waals surface area contributed by atoms with Crippen LogP contribution in [0.15, 0.2) is 23.1 Å². The predicted octanol–water partition coefficient (Wildman–Crippen LogP) is -0.736. The van der Waals surface area contributed by atoms with Crippen molar-refractivity contribution in [2.24, 2.45) is 5.14 Å². The number of nitrogens with one attached hydrogen (secondary N) is 1. The molecule has 0 aliphatic rings. The van der Waals surface area contributed by atoms with Gasteiger partial charge in [0.05, 0.1) is 5.75 Å². The third-order valence-corrected chi connectivity index (χ3v) is 4.33. The van der Waals surface area contributed by atoms with E-state index in [0.29, 0.717) is 0 Å². The molecule has 1 aromatic carbocycles. The molecule has 3 N–H and O–H groups in total. The van der Waals surface area contributed by atoms with Gasteiger partial charge in [-0.05, 0) is 12.1 Å². The van der Waals surface area contributed by atoms with Crippen molar-refractivity contribution in [3.63, 3.8) is 0 Å². The zero-order valence-electron chi connectivity index (χ0n) is 9.50. The van der Waals surface area contributed by atoms with Gasteiger partial charge in [0.1, 0.15) is 22.3 Å². The molecule has 0 aliphatic carbocycles. The molecule has 0 saturated carbocycles. The molecule has 0 atom stereocenters. The maximum Gasteiger partial charge on any atom is 0.242 e. The normalized spacial score (nSPS) is 12.1. The fourth-order valence-electron chi connectivity index (χ4n) is 1.23. The Morgan fingerprint density at radius 3 is 2.47 bits per heavy atom. The van der Waals surface area contributed by atoms with Crippen LogP contribution in [-0.2, 0) is 20.0 Å². The number of nitrogens with zero attached hydrogens (tertiary/aromatic N) is 1. The number of halogens is 1. The van der Waals surface area contributed by atoms with Crippen LogP contribution in [0.3, 0.4) is 0 Å². The van der Waals surface area contributed by atoms with Gasteiger partial charge in [0.15, 0.2) is 0 Å². The molecule has 0 bridgehead atoms. The SMILES string of the molecule is N#Cc1c(F)cccc1S(=O)(=O)NCCS(N)(=O)=O. The highest BCUT2D eigenvalue weighted by Gasteiger charge is 2.21. The molecule has 0 heterocycles. The lowest BCUT2D eigenvalue weighted by Gasteiger charge is -2.07. The standard InChI is InChI=1S/C9H10FN3O4S2/c10-8-2-1-3-9(7(8)6-11)19(16,17)13-4-5-18(12,14)15/h1-3,13H,4-5H2,(H2,12,14,15). The highest BCUT2D eigenvalue weighted by molar-refractivity contribution is 7.90. The highest BCUT2D eigenvalue weighted by Crippen LogP contribution is 2.17. The van der Waals surface area contributed by atoms with E-state index in [-0.39, 0.29) is 0 Å². The molecule has 0 amide bonds. The van der Waals surface area contributed by atoms with Crippen molar-refractivity contribution >= 4 is 20.0 Å². The second-order valence-corrected chi connectivity index (χ2v) is 6.96. The molecule has 0 aliphatic heterocycles. The van der Waals surface area contributed by atoms with Crippen LogP contribution in [0.25, 0.3) is 0 Å². The van der Waals surface area contributed by atoms with E-state index in [1.807, 2.05) is 4.72 Å². The monoisotopic (exact) mass is 307 g/mol. The average molecular weight is 307 g/mol. The van der Waals surface area contributed by atoms with Crippen LogP contribution < -0.4 is 9.86 Å². The summed E-state index contributed by atoms with van der Waals surface area (Å²) in [5, 5.41) is 13.4. The number of hydrogen-bond acceptors (Lipinski definition) is 5. The maximum atomic E-state index is 13.3. The largest absolute Gasteiger partial charge is 0.242 e. The molecule has 7 nitrogen and oxygen atoms in total. The molecule has 10 heteroatoms. The quantitative estimate of drug-likeness (QED) is 0.740. The topological polar surface area (TPSA) is 130 Å². The summed E-state index contributed by atoms with van der Waals surface area (Å²) in [4.78, 5) is -0.551. The Balaban J connectivity index is 3.03. The van der Waals surface area contributed by atoms with E-state index in [1.165, 1.54) is 6.07 Å². The summed E-state index contributed by atoms with van der Waals surface area (Å²) in [6.45, 7) is -0.470. The van der Waals surface area contributed by atoms with Crippen molar-refractivity contribution in [1.82, 2.24) is 4.72 Å². The smallest absolute Gasteiger partial charge is 0.229 e. The minimum Gasteiger partial charge on any atom is -0.229 e. The number of nitriles is 1. The molecule has 0 unspecified atom stereocenters. The van der Waals surface area contributed by atoms with Crippen LogP contribution in [0.2, 0.25) is 0 Å². The molecule has 1 aromatic rings. The summed E-state index contributed by atoms with van der Waals surface area (Å²) in [5.41, 5.74) is -0.634. The minimum absolute atomic E-state index is 0.470. The van der Waals surface area contributed by atoms with Crippen molar-refractivity contribution in [3.05, 3.63) is 29.6 Å². The third-order valence-electron chi connectivity index (χ3n) is 2.06. The summed E-state index contributed by atoms with van der Waals surface area (Å²) in [6.07, 6.45) is 0.